The van der Waals surface area contributed by atoms with Crippen LogP contribution in [0.5, 0.6) is 0 Å². The molecule has 0 unspecified atom stereocenters. The first-order chi connectivity index (χ1) is 13.9. The zero-order valence-electron chi connectivity index (χ0n) is 14.9. The van der Waals surface area contributed by atoms with Crippen LogP contribution in [0.2, 0.25) is 0 Å². The summed E-state index contributed by atoms with van der Waals surface area (Å²) in [4.78, 5) is 34.0. The number of nitriles is 1. The van der Waals surface area contributed by atoms with E-state index in [-0.39, 0.29) is 11.3 Å². The molecule has 0 aliphatic rings. The first kappa shape index (κ1) is 19.3. The zero-order chi connectivity index (χ0) is 21.0. The first-order valence-corrected chi connectivity index (χ1v) is 8.36. The van der Waals surface area contributed by atoms with E-state index in [0.717, 1.165) is 0 Å². The van der Waals surface area contributed by atoms with E-state index < -0.39 is 23.3 Å². The van der Waals surface area contributed by atoms with Crippen molar-refractivity contribution in [2.24, 2.45) is 0 Å². The lowest BCUT2D eigenvalue weighted by Crippen LogP contribution is -2.13. The molecule has 0 aliphatic carbocycles. The summed E-state index contributed by atoms with van der Waals surface area (Å²) in [6, 6.07) is 14.4. The molecule has 9 heteroatoms. The molecule has 144 valence electrons. The maximum absolute atomic E-state index is 12.4. The number of nitrogens with one attached hydrogen (secondary N) is 1. The number of carbonyl (C=O) groups is 2. The molecular weight excluding hydrogens is 376 g/mol. The van der Waals surface area contributed by atoms with Crippen molar-refractivity contribution < 1.29 is 19.6 Å². The summed E-state index contributed by atoms with van der Waals surface area (Å²) in [5, 5.41) is 32.6. The molecule has 0 aliphatic heterocycles. The van der Waals surface area contributed by atoms with Gasteiger partial charge in [-0.1, -0.05) is 18.2 Å². The lowest BCUT2D eigenvalue weighted by atomic mass is 10.1. The Morgan fingerprint density at radius 2 is 1.97 bits per heavy atom. The maximum Gasteiger partial charge on any atom is 0.323 e. The predicted molar refractivity (Wildman–Crippen MR) is 105 cm³/mol. The van der Waals surface area contributed by atoms with Gasteiger partial charge in [-0.3, -0.25) is 19.7 Å². The number of carboxylic acids is 1. The van der Waals surface area contributed by atoms with Crippen molar-refractivity contribution >= 4 is 40.2 Å². The third-order valence-corrected chi connectivity index (χ3v) is 4.11. The highest BCUT2D eigenvalue weighted by molar-refractivity contribution is 6.10. The summed E-state index contributed by atoms with van der Waals surface area (Å²) in [5.41, 5.74) is 0.841. The number of para-hydroxylation sites is 1. The molecule has 1 amide bonds. The third kappa shape index (κ3) is 4.28. The molecule has 1 aromatic heterocycles. The van der Waals surface area contributed by atoms with Gasteiger partial charge in [0.05, 0.1) is 10.4 Å². The second-order valence-electron chi connectivity index (χ2n) is 6.05. The van der Waals surface area contributed by atoms with E-state index in [1.807, 2.05) is 6.07 Å². The second-order valence-corrected chi connectivity index (χ2v) is 6.05. The standard InChI is InChI=1S/C20H14N4O5/c21-10-13(20(27)22-15-4-2-1-3-5-15)8-14-11-23(12-19(25)26)18-9-16(24(28)29)6-7-17(14)18/h1-9,11H,12H2,(H,22,27)(H,25,26)/b13-8+. The summed E-state index contributed by atoms with van der Waals surface area (Å²) >= 11 is 0. The molecule has 3 aromatic rings. The fourth-order valence-corrected chi connectivity index (χ4v) is 2.84. The molecule has 1 heterocycles. The third-order valence-electron chi connectivity index (χ3n) is 4.11. The van der Waals surface area contributed by atoms with E-state index >= 15 is 0 Å². The smallest absolute Gasteiger partial charge is 0.323 e. The molecule has 2 aromatic carbocycles. The van der Waals surface area contributed by atoms with Crippen LogP contribution in [0.15, 0.2) is 60.3 Å². The van der Waals surface area contributed by atoms with Crippen molar-refractivity contribution in [3.05, 3.63) is 76.0 Å². The van der Waals surface area contributed by atoms with Gasteiger partial charge in [0, 0.05) is 35.0 Å². The first-order valence-electron chi connectivity index (χ1n) is 8.36. The van der Waals surface area contributed by atoms with E-state index in [0.29, 0.717) is 22.2 Å². The summed E-state index contributed by atoms with van der Waals surface area (Å²) in [6.45, 7) is -0.427. The van der Waals surface area contributed by atoms with Crippen LogP contribution >= 0.6 is 0 Å². The van der Waals surface area contributed by atoms with Crippen molar-refractivity contribution in [1.29, 1.82) is 5.26 Å². The number of nitro benzene ring substituents is 1. The summed E-state index contributed by atoms with van der Waals surface area (Å²) in [7, 11) is 0. The lowest BCUT2D eigenvalue weighted by Gasteiger charge is -2.03. The number of non-ortho nitro benzene ring substituents is 1. The van der Waals surface area contributed by atoms with E-state index in [4.69, 9.17) is 5.11 Å². The van der Waals surface area contributed by atoms with Crippen molar-refractivity contribution in [2.75, 3.05) is 5.32 Å². The van der Waals surface area contributed by atoms with E-state index in [9.17, 15) is 25.0 Å². The van der Waals surface area contributed by atoms with Crippen molar-refractivity contribution in [3.63, 3.8) is 0 Å². The van der Waals surface area contributed by atoms with Crippen LogP contribution in [-0.2, 0) is 16.1 Å². The lowest BCUT2D eigenvalue weighted by molar-refractivity contribution is -0.384. The van der Waals surface area contributed by atoms with Gasteiger partial charge in [0.25, 0.3) is 11.6 Å². The minimum atomic E-state index is -1.13. The quantitative estimate of drug-likeness (QED) is 0.287. The van der Waals surface area contributed by atoms with Gasteiger partial charge in [-0.15, -0.1) is 0 Å². The molecular formula is C20H14N4O5. The monoisotopic (exact) mass is 390 g/mol. The topological polar surface area (TPSA) is 138 Å². The van der Waals surface area contributed by atoms with Gasteiger partial charge in [-0.2, -0.15) is 5.26 Å². The Balaban J connectivity index is 2.05. The largest absolute Gasteiger partial charge is 0.480 e. The number of rotatable bonds is 6. The van der Waals surface area contributed by atoms with Gasteiger partial charge in [0.2, 0.25) is 0 Å². The molecule has 0 saturated heterocycles. The van der Waals surface area contributed by atoms with Crippen molar-refractivity contribution in [2.45, 2.75) is 6.54 Å². The number of carbonyl (C=O) groups excluding carboxylic acids is 1. The molecule has 0 atom stereocenters. The van der Waals surface area contributed by atoms with Gasteiger partial charge < -0.3 is 15.0 Å². The fourth-order valence-electron chi connectivity index (χ4n) is 2.84. The van der Waals surface area contributed by atoms with Crippen LogP contribution in [0.1, 0.15) is 5.56 Å². The zero-order valence-corrected chi connectivity index (χ0v) is 14.9. The van der Waals surface area contributed by atoms with Gasteiger partial charge in [-0.05, 0) is 24.3 Å². The molecule has 2 N–H and O–H groups in total. The number of anilines is 1. The van der Waals surface area contributed by atoms with Gasteiger partial charge >= 0.3 is 5.97 Å². The number of aliphatic carboxylic acids is 1. The number of fused-ring (bicyclic) bond motifs is 1. The minimum absolute atomic E-state index is 0.193. The van der Waals surface area contributed by atoms with Crippen LogP contribution in [0, 0.1) is 21.4 Å². The van der Waals surface area contributed by atoms with Gasteiger partial charge in [-0.25, -0.2) is 0 Å². The highest BCUT2D eigenvalue weighted by Gasteiger charge is 2.16. The number of benzene rings is 2. The van der Waals surface area contributed by atoms with Gasteiger partial charge in [0.15, 0.2) is 0 Å². The van der Waals surface area contributed by atoms with Crippen LogP contribution < -0.4 is 5.32 Å². The van der Waals surface area contributed by atoms with E-state index in [1.54, 1.807) is 30.3 Å². The molecule has 29 heavy (non-hydrogen) atoms. The molecule has 0 saturated carbocycles. The number of amides is 1. The Morgan fingerprint density at radius 1 is 1.24 bits per heavy atom. The van der Waals surface area contributed by atoms with Crippen molar-refractivity contribution in [1.82, 2.24) is 4.57 Å². The predicted octanol–water partition coefficient (Wildman–Crippen LogP) is 3.18. The molecule has 9 nitrogen and oxygen atoms in total. The highest BCUT2D eigenvalue weighted by atomic mass is 16.6. The SMILES string of the molecule is N#C/C(=C\c1cn(CC(=O)O)c2cc([N+](=O)[O-])ccc12)C(=O)Nc1ccccc1. The van der Waals surface area contributed by atoms with Crippen LogP contribution in [0.3, 0.4) is 0 Å². The molecule has 0 fully saturated rings. The Morgan fingerprint density at radius 3 is 2.59 bits per heavy atom. The summed E-state index contributed by atoms with van der Waals surface area (Å²) < 4.78 is 1.32. The Bertz CT molecular complexity index is 1190. The van der Waals surface area contributed by atoms with Crippen LogP contribution in [-0.4, -0.2) is 26.5 Å². The van der Waals surface area contributed by atoms with E-state index in [1.165, 1.54) is 35.0 Å². The summed E-state index contributed by atoms with van der Waals surface area (Å²) in [6.07, 6.45) is 2.76. The second kappa shape index (κ2) is 8.06. The van der Waals surface area contributed by atoms with Gasteiger partial charge in [0.1, 0.15) is 18.2 Å². The molecule has 0 spiro atoms. The molecule has 0 bridgehead atoms. The number of carboxylic acid groups (broad SMARTS) is 1. The molecule has 0 radical (unpaired) electrons. The number of aromatic nitrogens is 1. The van der Waals surface area contributed by atoms with Crippen LogP contribution in [0.4, 0.5) is 11.4 Å². The normalized spacial score (nSPS) is 11.1. The fraction of sp³-hybridized carbons (Fsp3) is 0.0500. The number of nitro groups is 1. The highest BCUT2D eigenvalue weighted by Crippen LogP contribution is 2.27. The molecule has 3 rings (SSSR count). The maximum atomic E-state index is 12.4. The Labute approximate surface area is 164 Å². The number of hydrogen-bond donors (Lipinski definition) is 2. The Kier molecular flexibility index (Phi) is 5.37. The number of hydrogen-bond acceptors (Lipinski definition) is 5. The van der Waals surface area contributed by atoms with Crippen molar-refractivity contribution in [3.8, 4) is 6.07 Å². The summed E-state index contributed by atoms with van der Waals surface area (Å²) in [5.74, 6) is -1.76. The minimum Gasteiger partial charge on any atom is -0.480 e. The van der Waals surface area contributed by atoms with Crippen LogP contribution in [0.25, 0.3) is 17.0 Å². The average molecular weight is 390 g/mol. The van der Waals surface area contributed by atoms with E-state index in [2.05, 4.69) is 5.32 Å². The Hall–Kier alpha value is -4.45. The average Bonchev–Trinajstić information content (AvgIpc) is 3.02. The number of nitrogens with zero attached hydrogens (tertiary/aromatic N) is 3.